The number of fused-ring (bicyclic) bond motifs is 2. The van der Waals surface area contributed by atoms with Crippen molar-refractivity contribution in [3.05, 3.63) is 45.3 Å². The Bertz CT molecular complexity index is 1150. The topological polar surface area (TPSA) is 97.8 Å². The molecule has 162 valence electrons. The normalized spacial score (nSPS) is 13.0. The van der Waals surface area contributed by atoms with Crippen molar-refractivity contribution >= 4 is 55.9 Å². The number of anilines is 1. The first-order chi connectivity index (χ1) is 15.0. The van der Waals surface area contributed by atoms with E-state index in [1.165, 1.54) is 22.7 Å². The Hall–Kier alpha value is -2.98. The van der Waals surface area contributed by atoms with Crippen LogP contribution in [0, 0.1) is 0 Å². The monoisotopic (exact) mass is 459 g/mol. The average Bonchev–Trinajstić information content (AvgIpc) is 3.36. The molecular weight excluding hydrogens is 438 g/mol. The Morgan fingerprint density at radius 1 is 1.19 bits per heavy atom. The largest absolute Gasteiger partial charge is 0.462 e. The summed E-state index contributed by atoms with van der Waals surface area (Å²) in [7, 11) is 0. The van der Waals surface area contributed by atoms with Gasteiger partial charge >= 0.3 is 12.1 Å². The fourth-order valence-electron chi connectivity index (χ4n) is 3.45. The van der Waals surface area contributed by atoms with E-state index in [0.717, 1.165) is 20.7 Å². The third-order valence-corrected chi connectivity index (χ3v) is 6.81. The molecule has 0 spiro atoms. The number of nitrogens with one attached hydrogen (secondary N) is 1. The van der Waals surface area contributed by atoms with Crippen molar-refractivity contribution in [3.63, 3.8) is 0 Å². The van der Waals surface area contributed by atoms with Gasteiger partial charge in [-0.3, -0.25) is 4.79 Å². The molecule has 3 aromatic rings. The van der Waals surface area contributed by atoms with Gasteiger partial charge in [0.25, 0.3) is 5.91 Å². The Labute approximate surface area is 186 Å². The molecule has 1 aromatic carbocycles. The van der Waals surface area contributed by atoms with Crippen molar-refractivity contribution in [1.29, 1.82) is 0 Å². The number of carbonyl (C=O) groups is 3. The molecule has 3 heterocycles. The minimum absolute atomic E-state index is 0.230. The minimum Gasteiger partial charge on any atom is -0.462 e. The van der Waals surface area contributed by atoms with Gasteiger partial charge in [0.2, 0.25) is 0 Å². The van der Waals surface area contributed by atoms with Crippen molar-refractivity contribution in [3.8, 4) is 0 Å². The van der Waals surface area contributed by atoms with Crippen LogP contribution in [0.25, 0.3) is 10.2 Å². The summed E-state index contributed by atoms with van der Waals surface area (Å²) in [6.07, 6.45) is 0.101. The fourth-order valence-corrected chi connectivity index (χ4v) is 5.42. The van der Waals surface area contributed by atoms with Gasteiger partial charge < -0.3 is 19.7 Å². The van der Waals surface area contributed by atoms with Gasteiger partial charge in [0, 0.05) is 17.0 Å². The average molecular weight is 460 g/mol. The van der Waals surface area contributed by atoms with E-state index < -0.39 is 5.97 Å². The molecule has 0 radical (unpaired) electrons. The first-order valence-corrected chi connectivity index (χ1v) is 11.6. The van der Waals surface area contributed by atoms with Gasteiger partial charge in [0.05, 0.1) is 41.0 Å². The van der Waals surface area contributed by atoms with Crippen LogP contribution < -0.4 is 5.32 Å². The summed E-state index contributed by atoms with van der Waals surface area (Å²) in [6.45, 7) is 4.79. The van der Waals surface area contributed by atoms with Crippen LogP contribution in [0.5, 0.6) is 0 Å². The number of amides is 2. The number of thiazole rings is 1. The van der Waals surface area contributed by atoms with Gasteiger partial charge in [-0.2, -0.15) is 0 Å². The van der Waals surface area contributed by atoms with Crippen molar-refractivity contribution < 1.29 is 23.9 Å². The molecule has 2 amide bonds. The van der Waals surface area contributed by atoms with Crippen molar-refractivity contribution in [2.45, 2.75) is 26.8 Å². The number of thiophene rings is 1. The van der Waals surface area contributed by atoms with Crippen molar-refractivity contribution in [1.82, 2.24) is 9.88 Å². The molecule has 0 bridgehead atoms. The van der Waals surface area contributed by atoms with Gasteiger partial charge in [-0.1, -0.05) is 0 Å². The quantitative estimate of drug-likeness (QED) is 0.571. The molecule has 0 saturated carbocycles. The van der Waals surface area contributed by atoms with Crippen molar-refractivity contribution in [2.24, 2.45) is 0 Å². The lowest BCUT2D eigenvalue weighted by Crippen LogP contribution is -2.36. The number of nitrogens with zero attached hydrogens (tertiary/aromatic N) is 2. The maximum atomic E-state index is 12.9. The zero-order chi connectivity index (χ0) is 22.0. The Morgan fingerprint density at radius 2 is 2.00 bits per heavy atom. The lowest BCUT2D eigenvalue weighted by Gasteiger charge is -2.26. The van der Waals surface area contributed by atoms with E-state index in [0.29, 0.717) is 42.2 Å². The van der Waals surface area contributed by atoms with Gasteiger partial charge in [-0.25, -0.2) is 14.6 Å². The lowest BCUT2D eigenvalue weighted by atomic mass is 10.0. The summed E-state index contributed by atoms with van der Waals surface area (Å²) in [5.41, 5.74) is 4.23. The standard InChI is InChI=1S/C21H21N3O5S2/c1-3-28-20(26)17-13-7-8-24(21(27)29-4-2)10-16(13)31-19(17)23-18(25)12-5-6-14-15(9-12)30-11-22-14/h5-6,9,11H,3-4,7-8,10H2,1-2H3,(H,23,25). The van der Waals surface area contributed by atoms with Gasteiger partial charge in [0.1, 0.15) is 5.00 Å². The fraction of sp³-hybridized carbons (Fsp3) is 0.333. The highest BCUT2D eigenvalue weighted by Gasteiger charge is 2.31. The van der Waals surface area contributed by atoms with Crippen LogP contribution in [0.4, 0.5) is 9.80 Å². The molecule has 1 aliphatic rings. The van der Waals surface area contributed by atoms with Crippen LogP contribution in [-0.2, 0) is 22.4 Å². The first-order valence-electron chi connectivity index (χ1n) is 9.89. The summed E-state index contributed by atoms with van der Waals surface area (Å²) in [5.74, 6) is -0.792. The van der Waals surface area contributed by atoms with Crippen LogP contribution in [0.2, 0.25) is 0 Å². The second kappa shape index (κ2) is 9.03. The van der Waals surface area contributed by atoms with Crippen LogP contribution in [-0.4, -0.2) is 47.6 Å². The molecule has 1 N–H and O–H groups in total. The van der Waals surface area contributed by atoms with E-state index in [2.05, 4.69) is 10.3 Å². The molecule has 8 nitrogen and oxygen atoms in total. The molecule has 31 heavy (non-hydrogen) atoms. The molecule has 0 fully saturated rings. The number of esters is 1. The summed E-state index contributed by atoms with van der Waals surface area (Å²) in [5, 5.41) is 3.31. The van der Waals surface area contributed by atoms with E-state index in [1.807, 2.05) is 0 Å². The predicted molar refractivity (Wildman–Crippen MR) is 119 cm³/mol. The SMILES string of the molecule is CCOC(=O)c1c(NC(=O)c2ccc3ncsc3c2)sc2c1CCN(C(=O)OCC)C2. The Kier molecular flexibility index (Phi) is 6.19. The maximum absolute atomic E-state index is 12.9. The number of hydrogen-bond donors (Lipinski definition) is 1. The predicted octanol–water partition coefficient (Wildman–Crippen LogP) is 4.30. The first kappa shape index (κ1) is 21.3. The van der Waals surface area contributed by atoms with E-state index in [9.17, 15) is 14.4 Å². The molecule has 0 aliphatic carbocycles. The van der Waals surface area contributed by atoms with E-state index in [4.69, 9.17) is 9.47 Å². The maximum Gasteiger partial charge on any atom is 0.410 e. The zero-order valence-corrected chi connectivity index (χ0v) is 18.7. The number of benzene rings is 1. The Morgan fingerprint density at radius 3 is 2.77 bits per heavy atom. The molecule has 10 heteroatoms. The van der Waals surface area contributed by atoms with Gasteiger partial charge in [-0.15, -0.1) is 22.7 Å². The second-order valence-corrected chi connectivity index (χ2v) is 8.78. The summed E-state index contributed by atoms with van der Waals surface area (Å²) in [6, 6.07) is 5.28. The number of hydrogen-bond acceptors (Lipinski definition) is 8. The summed E-state index contributed by atoms with van der Waals surface area (Å²) >= 11 is 2.75. The third kappa shape index (κ3) is 4.26. The highest BCUT2D eigenvalue weighted by atomic mass is 32.1. The number of ether oxygens (including phenoxy) is 2. The van der Waals surface area contributed by atoms with E-state index in [-0.39, 0.29) is 18.6 Å². The Balaban J connectivity index is 1.64. The molecule has 2 aromatic heterocycles. The number of carbonyl (C=O) groups excluding carboxylic acids is 3. The van der Waals surface area contributed by atoms with Crippen LogP contribution >= 0.6 is 22.7 Å². The van der Waals surface area contributed by atoms with Crippen molar-refractivity contribution in [2.75, 3.05) is 25.1 Å². The van der Waals surface area contributed by atoms with Crippen LogP contribution in [0.3, 0.4) is 0 Å². The minimum atomic E-state index is -0.474. The third-order valence-electron chi connectivity index (χ3n) is 4.88. The lowest BCUT2D eigenvalue weighted by molar-refractivity contribution is 0.0526. The highest BCUT2D eigenvalue weighted by Crippen LogP contribution is 2.38. The second-order valence-electron chi connectivity index (χ2n) is 6.79. The molecule has 0 unspecified atom stereocenters. The molecular formula is C21H21N3O5S2. The highest BCUT2D eigenvalue weighted by molar-refractivity contribution is 7.17. The van der Waals surface area contributed by atoms with Crippen LogP contribution in [0.15, 0.2) is 23.7 Å². The van der Waals surface area contributed by atoms with E-state index in [1.54, 1.807) is 42.5 Å². The molecule has 4 rings (SSSR count). The number of rotatable bonds is 5. The van der Waals surface area contributed by atoms with Gasteiger partial charge in [0.15, 0.2) is 0 Å². The van der Waals surface area contributed by atoms with E-state index >= 15 is 0 Å². The summed E-state index contributed by atoms with van der Waals surface area (Å²) < 4.78 is 11.3. The summed E-state index contributed by atoms with van der Waals surface area (Å²) in [4.78, 5) is 44.4. The smallest absolute Gasteiger partial charge is 0.410 e. The van der Waals surface area contributed by atoms with Crippen LogP contribution in [0.1, 0.15) is 45.0 Å². The molecule has 0 atom stereocenters. The van der Waals surface area contributed by atoms with Gasteiger partial charge in [-0.05, 0) is 44.0 Å². The molecule has 1 aliphatic heterocycles. The zero-order valence-electron chi connectivity index (χ0n) is 17.1. The molecule has 0 saturated heterocycles. The number of aromatic nitrogens is 1.